The second-order valence-corrected chi connectivity index (χ2v) is 9.08. The lowest BCUT2D eigenvalue weighted by atomic mass is 10.2. The van der Waals surface area contributed by atoms with Crippen molar-refractivity contribution in [1.29, 1.82) is 0 Å². The number of sulfonamides is 1. The van der Waals surface area contributed by atoms with E-state index in [1.807, 2.05) is 30.3 Å². The summed E-state index contributed by atoms with van der Waals surface area (Å²) in [6.07, 6.45) is 0. The lowest BCUT2D eigenvalue weighted by molar-refractivity contribution is 0.102. The normalized spacial score (nSPS) is 11.5. The first-order valence-electron chi connectivity index (χ1n) is 8.96. The zero-order chi connectivity index (χ0) is 21.8. The molecule has 12 heteroatoms. The van der Waals surface area contributed by atoms with Crippen LogP contribution in [0.2, 0.25) is 0 Å². The molecule has 2 heterocycles. The van der Waals surface area contributed by atoms with Gasteiger partial charge in [-0.2, -0.15) is 4.31 Å². The van der Waals surface area contributed by atoms with Crippen LogP contribution in [0.4, 0.5) is 6.01 Å². The minimum atomic E-state index is -3.71. The molecule has 2 aromatic carbocycles. The first-order chi connectivity index (χ1) is 14.9. The van der Waals surface area contributed by atoms with Crippen LogP contribution in [-0.2, 0) is 16.6 Å². The Balaban J connectivity index is 1.44. The third-order valence-corrected chi connectivity index (χ3v) is 6.62. The smallest absolute Gasteiger partial charge is 0.322 e. The number of carbonyl (C=O) groups is 1. The van der Waals surface area contributed by atoms with Crippen LogP contribution >= 0.6 is 11.5 Å². The molecule has 0 aliphatic rings. The van der Waals surface area contributed by atoms with Gasteiger partial charge in [0.15, 0.2) is 5.69 Å². The average molecular weight is 457 g/mol. The number of hydrogen-bond acceptors (Lipinski definition) is 9. The Morgan fingerprint density at radius 3 is 2.48 bits per heavy atom. The summed E-state index contributed by atoms with van der Waals surface area (Å²) in [6, 6.07) is 14.8. The maximum atomic E-state index is 12.8. The van der Waals surface area contributed by atoms with E-state index < -0.39 is 15.9 Å². The van der Waals surface area contributed by atoms with Crippen molar-refractivity contribution in [2.24, 2.45) is 0 Å². The molecule has 1 N–H and O–H groups in total. The number of carbonyl (C=O) groups excluding carboxylic acids is 1. The van der Waals surface area contributed by atoms with Gasteiger partial charge in [0.2, 0.25) is 10.0 Å². The fourth-order valence-corrected chi connectivity index (χ4v) is 4.28. The molecule has 2 aromatic heterocycles. The number of hydrogen-bond donors (Lipinski definition) is 1. The van der Waals surface area contributed by atoms with Crippen molar-refractivity contribution < 1.29 is 17.6 Å². The summed E-state index contributed by atoms with van der Waals surface area (Å²) in [4.78, 5) is 12.5. The molecule has 158 valence electrons. The molecule has 1 amide bonds. The first kappa shape index (κ1) is 20.8. The monoisotopic (exact) mass is 456 g/mol. The van der Waals surface area contributed by atoms with E-state index in [9.17, 15) is 13.2 Å². The van der Waals surface area contributed by atoms with Crippen LogP contribution in [0.15, 0.2) is 69.3 Å². The predicted octanol–water partition coefficient (Wildman–Crippen LogP) is 2.66. The fraction of sp³-hybridized carbons (Fsp3) is 0.105. The van der Waals surface area contributed by atoms with Crippen LogP contribution in [0, 0.1) is 0 Å². The summed E-state index contributed by atoms with van der Waals surface area (Å²) < 4.78 is 35.9. The molecule has 31 heavy (non-hydrogen) atoms. The Kier molecular flexibility index (Phi) is 5.84. The van der Waals surface area contributed by atoms with Gasteiger partial charge >= 0.3 is 6.01 Å². The minimum absolute atomic E-state index is 0.0820. The van der Waals surface area contributed by atoms with Gasteiger partial charge in [-0.05, 0) is 41.4 Å². The van der Waals surface area contributed by atoms with Gasteiger partial charge in [0.05, 0.1) is 4.90 Å². The molecule has 10 nitrogen and oxygen atoms in total. The predicted molar refractivity (Wildman–Crippen MR) is 113 cm³/mol. The van der Waals surface area contributed by atoms with Gasteiger partial charge in [0.1, 0.15) is 0 Å². The van der Waals surface area contributed by atoms with Crippen molar-refractivity contribution in [3.8, 4) is 11.6 Å². The van der Waals surface area contributed by atoms with Crippen molar-refractivity contribution in [3.05, 3.63) is 71.1 Å². The SMILES string of the molecule is CN(Cc1ccccc1)S(=O)(=O)c1ccc(C(=O)Nc2nnc(-c3csnn3)o2)cc1. The summed E-state index contributed by atoms with van der Waals surface area (Å²) in [5, 5.41) is 15.4. The van der Waals surface area contributed by atoms with E-state index in [0.29, 0.717) is 5.69 Å². The molecular formula is C19H16N6O4S2. The molecule has 4 aromatic rings. The number of rotatable bonds is 7. The van der Waals surface area contributed by atoms with Gasteiger partial charge in [-0.15, -0.1) is 10.2 Å². The highest BCUT2D eigenvalue weighted by Gasteiger charge is 2.21. The van der Waals surface area contributed by atoms with E-state index in [4.69, 9.17) is 4.42 Å². The molecule has 0 saturated heterocycles. The van der Waals surface area contributed by atoms with Crippen molar-refractivity contribution in [2.75, 3.05) is 12.4 Å². The van der Waals surface area contributed by atoms with Crippen molar-refractivity contribution >= 4 is 33.5 Å². The molecule has 0 unspecified atom stereocenters. The summed E-state index contributed by atoms with van der Waals surface area (Å²) in [6.45, 7) is 0.236. The molecule has 0 spiro atoms. The molecule has 0 bridgehead atoms. The maximum absolute atomic E-state index is 12.8. The Morgan fingerprint density at radius 2 is 1.81 bits per heavy atom. The number of nitrogens with zero attached hydrogens (tertiary/aromatic N) is 5. The van der Waals surface area contributed by atoms with Crippen LogP contribution in [-0.4, -0.2) is 45.5 Å². The lowest BCUT2D eigenvalue weighted by Crippen LogP contribution is -2.26. The Bertz CT molecular complexity index is 1270. The summed E-state index contributed by atoms with van der Waals surface area (Å²) in [5.74, 6) is -0.389. The fourth-order valence-electron chi connectivity index (χ4n) is 2.69. The molecule has 0 radical (unpaired) electrons. The third kappa shape index (κ3) is 4.66. The number of amides is 1. The van der Waals surface area contributed by atoms with Crippen LogP contribution in [0.1, 0.15) is 15.9 Å². The van der Waals surface area contributed by atoms with Gasteiger partial charge in [0, 0.05) is 24.5 Å². The van der Waals surface area contributed by atoms with Crippen molar-refractivity contribution in [1.82, 2.24) is 24.1 Å². The van der Waals surface area contributed by atoms with E-state index in [0.717, 1.165) is 17.1 Å². The van der Waals surface area contributed by atoms with Crippen molar-refractivity contribution in [2.45, 2.75) is 11.4 Å². The molecular weight excluding hydrogens is 440 g/mol. The quantitative estimate of drug-likeness (QED) is 0.449. The highest BCUT2D eigenvalue weighted by molar-refractivity contribution is 7.89. The summed E-state index contributed by atoms with van der Waals surface area (Å²) in [7, 11) is -2.20. The zero-order valence-corrected chi connectivity index (χ0v) is 17.8. The molecule has 0 aliphatic heterocycles. The average Bonchev–Trinajstić information content (AvgIpc) is 3.46. The van der Waals surface area contributed by atoms with Crippen LogP contribution in [0.3, 0.4) is 0 Å². The molecule has 0 atom stereocenters. The second-order valence-electron chi connectivity index (χ2n) is 6.43. The zero-order valence-electron chi connectivity index (χ0n) is 16.2. The second kappa shape index (κ2) is 8.71. The van der Waals surface area contributed by atoms with E-state index in [1.165, 1.54) is 35.6 Å². The van der Waals surface area contributed by atoms with Crippen LogP contribution in [0.25, 0.3) is 11.6 Å². The van der Waals surface area contributed by atoms with Crippen LogP contribution in [0.5, 0.6) is 0 Å². The van der Waals surface area contributed by atoms with E-state index >= 15 is 0 Å². The molecule has 0 saturated carbocycles. The molecule has 4 rings (SSSR count). The topological polar surface area (TPSA) is 131 Å². The standard InChI is InChI=1S/C19H16N6O4S2/c1-25(11-13-5-3-2-4-6-13)31(27,28)15-9-7-14(8-10-15)17(26)20-19-23-22-18(29-19)16-12-30-24-21-16/h2-10,12H,11H2,1H3,(H,20,23,26). The van der Waals surface area contributed by atoms with E-state index in [2.05, 4.69) is 25.1 Å². The Morgan fingerprint density at radius 1 is 1.06 bits per heavy atom. The highest BCUT2D eigenvalue weighted by atomic mass is 32.2. The Hall–Kier alpha value is -3.48. The molecule has 0 aliphatic carbocycles. The highest BCUT2D eigenvalue weighted by Crippen LogP contribution is 2.20. The third-order valence-electron chi connectivity index (χ3n) is 4.30. The van der Waals surface area contributed by atoms with Gasteiger partial charge in [-0.1, -0.05) is 39.9 Å². The first-order valence-corrected chi connectivity index (χ1v) is 11.2. The number of aromatic nitrogens is 4. The maximum Gasteiger partial charge on any atom is 0.322 e. The summed E-state index contributed by atoms with van der Waals surface area (Å²) >= 11 is 1.13. The number of anilines is 1. The van der Waals surface area contributed by atoms with Crippen LogP contribution < -0.4 is 5.32 Å². The number of benzene rings is 2. The van der Waals surface area contributed by atoms with E-state index in [-0.39, 0.29) is 28.9 Å². The van der Waals surface area contributed by atoms with Gasteiger partial charge < -0.3 is 4.42 Å². The Labute approximate surface area is 181 Å². The lowest BCUT2D eigenvalue weighted by Gasteiger charge is -2.17. The molecule has 0 fully saturated rings. The summed E-state index contributed by atoms with van der Waals surface area (Å²) in [5.41, 5.74) is 1.52. The van der Waals surface area contributed by atoms with Gasteiger partial charge in [-0.25, -0.2) is 8.42 Å². The van der Waals surface area contributed by atoms with Gasteiger partial charge in [0.25, 0.3) is 11.8 Å². The number of nitrogens with one attached hydrogen (secondary N) is 1. The van der Waals surface area contributed by atoms with E-state index in [1.54, 1.807) is 5.38 Å². The van der Waals surface area contributed by atoms with Gasteiger partial charge in [-0.3, -0.25) is 10.1 Å². The van der Waals surface area contributed by atoms with Crippen molar-refractivity contribution in [3.63, 3.8) is 0 Å². The largest absolute Gasteiger partial charge is 0.401 e. The minimum Gasteiger partial charge on any atom is -0.401 e.